The molecule has 60 valence electrons. The number of rotatable bonds is 1. The molecule has 2 N–H and O–H groups in total. The number of halogens is 2. The van der Waals surface area contributed by atoms with Crippen LogP contribution in [0.2, 0.25) is 0 Å². The summed E-state index contributed by atoms with van der Waals surface area (Å²) >= 11 is 0. The lowest BCUT2D eigenvalue weighted by atomic mass is 9.90. The molecular weight excluding hydrogens is 136 g/mol. The first kappa shape index (κ1) is 7.92. The topological polar surface area (TPSA) is 26.0 Å². The molecule has 1 rings (SSSR count). The van der Waals surface area contributed by atoms with Gasteiger partial charge in [0.2, 0.25) is 0 Å². The van der Waals surface area contributed by atoms with Crippen LogP contribution >= 0.6 is 0 Å². The van der Waals surface area contributed by atoms with Gasteiger partial charge in [0, 0.05) is 0 Å². The highest BCUT2D eigenvalue weighted by atomic mass is 19.3. The van der Waals surface area contributed by atoms with Gasteiger partial charge in [-0.25, -0.2) is 8.78 Å². The monoisotopic (exact) mass is 149 g/mol. The van der Waals surface area contributed by atoms with Gasteiger partial charge in [-0.05, 0) is 18.8 Å². The van der Waals surface area contributed by atoms with Crippen molar-refractivity contribution in [3.8, 4) is 0 Å². The quantitative estimate of drug-likeness (QED) is 0.604. The lowest BCUT2D eigenvalue weighted by Gasteiger charge is -2.27. The summed E-state index contributed by atoms with van der Waals surface area (Å²) in [6, 6.07) is 0. The molecule has 0 bridgehead atoms. The summed E-state index contributed by atoms with van der Waals surface area (Å²) in [7, 11) is 0. The van der Waals surface area contributed by atoms with E-state index >= 15 is 0 Å². The summed E-state index contributed by atoms with van der Waals surface area (Å²) < 4.78 is 24.5. The van der Waals surface area contributed by atoms with E-state index in [0.29, 0.717) is 6.42 Å². The van der Waals surface area contributed by atoms with Crippen LogP contribution in [-0.2, 0) is 0 Å². The van der Waals surface area contributed by atoms with Gasteiger partial charge in [-0.15, -0.1) is 0 Å². The molecule has 0 amide bonds. The zero-order valence-electron chi connectivity index (χ0n) is 6.11. The average Bonchev–Trinajstić information content (AvgIpc) is 2.15. The van der Waals surface area contributed by atoms with Gasteiger partial charge in [-0.2, -0.15) is 0 Å². The van der Waals surface area contributed by atoms with Gasteiger partial charge in [0.25, 0.3) is 6.43 Å². The Morgan fingerprint density at radius 3 is 2.40 bits per heavy atom. The first-order valence-corrected chi connectivity index (χ1v) is 3.64. The van der Waals surface area contributed by atoms with Crippen molar-refractivity contribution < 1.29 is 8.78 Å². The van der Waals surface area contributed by atoms with E-state index in [-0.39, 0.29) is 5.92 Å². The largest absolute Gasteiger partial charge is 0.320 e. The highest BCUT2D eigenvalue weighted by molar-refractivity contribution is 4.96. The Morgan fingerprint density at radius 1 is 1.60 bits per heavy atom. The maximum atomic E-state index is 12.2. The molecule has 0 aliphatic heterocycles. The van der Waals surface area contributed by atoms with E-state index < -0.39 is 12.0 Å². The fraction of sp³-hybridized carbons (Fsp3) is 1.00. The summed E-state index contributed by atoms with van der Waals surface area (Å²) in [4.78, 5) is 0. The minimum atomic E-state index is -2.36. The molecule has 1 saturated carbocycles. The van der Waals surface area contributed by atoms with Gasteiger partial charge < -0.3 is 5.73 Å². The SMILES string of the molecule is CC1CCCC1(N)C(F)F. The van der Waals surface area contributed by atoms with Gasteiger partial charge in [0.05, 0.1) is 5.54 Å². The predicted octanol–water partition coefficient (Wildman–Crippen LogP) is 1.77. The van der Waals surface area contributed by atoms with Gasteiger partial charge >= 0.3 is 0 Å². The number of hydrogen-bond acceptors (Lipinski definition) is 1. The van der Waals surface area contributed by atoms with E-state index in [2.05, 4.69) is 0 Å². The molecule has 0 saturated heterocycles. The Hall–Kier alpha value is -0.180. The fourth-order valence-electron chi connectivity index (χ4n) is 1.55. The van der Waals surface area contributed by atoms with Crippen molar-refractivity contribution in [1.82, 2.24) is 0 Å². The molecule has 1 fully saturated rings. The Labute approximate surface area is 59.6 Å². The second-order valence-electron chi connectivity index (χ2n) is 3.21. The predicted molar refractivity (Wildman–Crippen MR) is 35.9 cm³/mol. The molecule has 0 aromatic carbocycles. The van der Waals surface area contributed by atoms with E-state index in [1.54, 1.807) is 6.92 Å². The van der Waals surface area contributed by atoms with Crippen molar-refractivity contribution >= 4 is 0 Å². The molecule has 1 aliphatic carbocycles. The zero-order chi connectivity index (χ0) is 7.78. The van der Waals surface area contributed by atoms with E-state index in [0.717, 1.165) is 12.8 Å². The molecule has 0 radical (unpaired) electrons. The second kappa shape index (κ2) is 2.46. The van der Waals surface area contributed by atoms with Crippen LogP contribution in [-0.4, -0.2) is 12.0 Å². The second-order valence-corrected chi connectivity index (χ2v) is 3.21. The summed E-state index contributed by atoms with van der Waals surface area (Å²) in [6.45, 7) is 1.80. The minimum absolute atomic E-state index is 0.0208. The Balaban J connectivity index is 2.66. The van der Waals surface area contributed by atoms with Crippen molar-refractivity contribution in [3.63, 3.8) is 0 Å². The standard InChI is InChI=1S/C7H13F2N/c1-5-3-2-4-7(5,10)6(8)9/h5-6H,2-4,10H2,1H3. The molecule has 0 aromatic heterocycles. The maximum Gasteiger partial charge on any atom is 0.256 e. The van der Waals surface area contributed by atoms with Crippen molar-refractivity contribution in [2.24, 2.45) is 11.7 Å². The molecule has 1 nitrogen and oxygen atoms in total. The summed E-state index contributed by atoms with van der Waals surface area (Å²) in [6.07, 6.45) is -0.181. The molecule has 0 spiro atoms. The van der Waals surface area contributed by atoms with Crippen LogP contribution in [0.1, 0.15) is 26.2 Å². The molecule has 10 heavy (non-hydrogen) atoms. The van der Waals surface area contributed by atoms with Crippen LogP contribution in [0.3, 0.4) is 0 Å². The van der Waals surface area contributed by atoms with Gasteiger partial charge in [0.1, 0.15) is 0 Å². The van der Waals surface area contributed by atoms with Crippen molar-refractivity contribution in [2.45, 2.75) is 38.2 Å². The molecule has 2 unspecified atom stereocenters. The van der Waals surface area contributed by atoms with Crippen molar-refractivity contribution in [3.05, 3.63) is 0 Å². The lowest BCUT2D eigenvalue weighted by molar-refractivity contribution is 0.0354. The van der Waals surface area contributed by atoms with Crippen LogP contribution in [0, 0.1) is 5.92 Å². The van der Waals surface area contributed by atoms with Gasteiger partial charge in [-0.3, -0.25) is 0 Å². The maximum absolute atomic E-state index is 12.2. The summed E-state index contributed by atoms with van der Waals surface area (Å²) in [5.74, 6) is -0.0208. The van der Waals surface area contributed by atoms with Crippen molar-refractivity contribution in [2.75, 3.05) is 0 Å². The van der Waals surface area contributed by atoms with Crippen molar-refractivity contribution in [1.29, 1.82) is 0 Å². The first-order valence-electron chi connectivity index (χ1n) is 3.64. The van der Waals surface area contributed by atoms with Crippen LogP contribution in [0.5, 0.6) is 0 Å². The van der Waals surface area contributed by atoms with E-state index in [4.69, 9.17) is 5.73 Å². The first-order chi connectivity index (χ1) is 4.57. The van der Waals surface area contributed by atoms with E-state index in [1.807, 2.05) is 0 Å². The smallest absolute Gasteiger partial charge is 0.256 e. The molecule has 1 aliphatic rings. The Bertz CT molecular complexity index is 127. The Kier molecular flexibility index (Phi) is 1.95. The van der Waals surface area contributed by atoms with Crippen LogP contribution in [0.15, 0.2) is 0 Å². The van der Waals surface area contributed by atoms with Crippen LogP contribution in [0.4, 0.5) is 8.78 Å². The third-order valence-electron chi connectivity index (χ3n) is 2.57. The minimum Gasteiger partial charge on any atom is -0.320 e. The Morgan fingerprint density at radius 2 is 2.20 bits per heavy atom. The average molecular weight is 149 g/mol. The summed E-state index contributed by atoms with van der Waals surface area (Å²) in [5, 5.41) is 0. The van der Waals surface area contributed by atoms with Crippen LogP contribution in [0.25, 0.3) is 0 Å². The lowest BCUT2D eigenvalue weighted by Crippen LogP contribution is -2.49. The molecule has 0 aromatic rings. The zero-order valence-corrected chi connectivity index (χ0v) is 6.11. The van der Waals surface area contributed by atoms with E-state index in [1.165, 1.54) is 0 Å². The summed E-state index contributed by atoms with van der Waals surface area (Å²) in [5.41, 5.74) is 4.31. The molecule has 0 heterocycles. The highest BCUT2D eigenvalue weighted by Gasteiger charge is 2.44. The third-order valence-corrected chi connectivity index (χ3v) is 2.57. The normalized spacial score (nSPS) is 41.1. The number of nitrogens with two attached hydrogens (primary N) is 1. The number of alkyl halides is 2. The molecule has 2 atom stereocenters. The fourth-order valence-corrected chi connectivity index (χ4v) is 1.55. The van der Waals surface area contributed by atoms with Gasteiger partial charge in [-0.1, -0.05) is 13.3 Å². The van der Waals surface area contributed by atoms with Crippen LogP contribution < -0.4 is 5.73 Å². The molecular formula is C7H13F2N. The molecule has 3 heteroatoms. The highest BCUT2D eigenvalue weighted by Crippen LogP contribution is 2.37. The van der Waals surface area contributed by atoms with E-state index in [9.17, 15) is 8.78 Å². The number of hydrogen-bond donors (Lipinski definition) is 1. The third kappa shape index (κ3) is 1.03. The van der Waals surface area contributed by atoms with Gasteiger partial charge in [0.15, 0.2) is 0 Å².